The van der Waals surface area contributed by atoms with Gasteiger partial charge in [0.25, 0.3) is 0 Å². The van der Waals surface area contributed by atoms with E-state index in [9.17, 15) is 0 Å². The molecule has 0 radical (unpaired) electrons. The van der Waals surface area contributed by atoms with Crippen LogP contribution in [0.1, 0.15) is 36.8 Å². The molecule has 0 atom stereocenters. The summed E-state index contributed by atoms with van der Waals surface area (Å²) in [4.78, 5) is 2.42. The van der Waals surface area contributed by atoms with Crippen LogP contribution in [0.3, 0.4) is 0 Å². The highest BCUT2D eigenvalue weighted by molar-refractivity contribution is 6.33. The second kappa shape index (κ2) is 7.60. The Morgan fingerprint density at radius 2 is 1.73 bits per heavy atom. The number of benzene rings is 2. The van der Waals surface area contributed by atoms with Crippen molar-refractivity contribution in [3.63, 3.8) is 0 Å². The molecule has 3 aromatic rings. The summed E-state index contributed by atoms with van der Waals surface area (Å²) >= 11 is 6.23. The van der Waals surface area contributed by atoms with Crippen molar-refractivity contribution in [2.45, 2.75) is 45.3 Å². The first-order valence-corrected chi connectivity index (χ1v) is 9.50. The molecular formula is C21H22ClN3O. The molecule has 5 heteroatoms. The summed E-state index contributed by atoms with van der Waals surface area (Å²) in [6.45, 7) is 3.74. The third-order valence-electron chi connectivity index (χ3n) is 4.79. The van der Waals surface area contributed by atoms with Crippen LogP contribution in [0.25, 0.3) is 11.5 Å². The maximum atomic E-state index is 6.23. The molecule has 0 bridgehead atoms. The molecule has 2 aromatic carbocycles. The Hall–Kier alpha value is -2.17. The van der Waals surface area contributed by atoms with E-state index in [-0.39, 0.29) is 0 Å². The number of hydrogen-bond donors (Lipinski definition) is 0. The average molecular weight is 368 g/mol. The second-order valence-electron chi connectivity index (χ2n) is 6.79. The van der Waals surface area contributed by atoms with Crippen molar-refractivity contribution in [2.24, 2.45) is 0 Å². The maximum absolute atomic E-state index is 6.23. The van der Waals surface area contributed by atoms with Crippen LogP contribution in [0.2, 0.25) is 5.02 Å². The molecule has 26 heavy (non-hydrogen) atoms. The standard InChI is InChI=1S/C21H22ClN3O/c1-2-15-7-9-16(10-8-15)13-25(17-11-12-17)14-20-23-24-21(26-20)18-5-3-4-6-19(18)22/h3-10,17H,2,11-14H2,1H3. The van der Waals surface area contributed by atoms with Crippen LogP contribution in [-0.2, 0) is 19.5 Å². The summed E-state index contributed by atoms with van der Waals surface area (Å²) in [5.41, 5.74) is 3.47. The molecule has 0 amide bonds. The van der Waals surface area contributed by atoms with Gasteiger partial charge < -0.3 is 4.42 Å². The summed E-state index contributed by atoms with van der Waals surface area (Å²) in [7, 11) is 0. The van der Waals surface area contributed by atoms with Crippen molar-refractivity contribution < 1.29 is 4.42 Å². The number of rotatable bonds is 7. The van der Waals surface area contributed by atoms with Gasteiger partial charge in [0.1, 0.15) is 0 Å². The fraction of sp³-hybridized carbons (Fsp3) is 0.333. The van der Waals surface area contributed by atoms with E-state index in [1.807, 2.05) is 24.3 Å². The highest BCUT2D eigenvalue weighted by atomic mass is 35.5. The van der Waals surface area contributed by atoms with E-state index in [1.165, 1.54) is 24.0 Å². The SMILES string of the molecule is CCc1ccc(CN(Cc2nnc(-c3ccccc3Cl)o2)C2CC2)cc1. The first-order valence-electron chi connectivity index (χ1n) is 9.12. The Labute approximate surface area is 158 Å². The van der Waals surface area contributed by atoms with Gasteiger partial charge >= 0.3 is 0 Å². The molecule has 1 aliphatic carbocycles. The minimum absolute atomic E-state index is 0.480. The Balaban J connectivity index is 1.48. The summed E-state index contributed by atoms with van der Waals surface area (Å²) in [6.07, 6.45) is 3.54. The first-order chi connectivity index (χ1) is 12.7. The topological polar surface area (TPSA) is 42.2 Å². The van der Waals surface area contributed by atoms with Crippen LogP contribution >= 0.6 is 11.6 Å². The van der Waals surface area contributed by atoms with E-state index in [1.54, 1.807) is 0 Å². The van der Waals surface area contributed by atoms with Crippen molar-refractivity contribution in [3.05, 3.63) is 70.6 Å². The number of halogens is 1. The molecule has 1 heterocycles. The molecule has 4 nitrogen and oxygen atoms in total. The number of hydrogen-bond acceptors (Lipinski definition) is 4. The molecule has 1 saturated carbocycles. The molecular weight excluding hydrogens is 346 g/mol. The van der Waals surface area contributed by atoms with Gasteiger partial charge in [-0.25, -0.2) is 0 Å². The molecule has 0 N–H and O–H groups in total. The van der Waals surface area contributed by atoms with Gasteiger partial charge in [-0.1, -0.05) is 54.9 Å². The summed E-state index contributed by atoms with van der Waals surface area (Å²) < 4.78 is 5.88. The van der Waals surface area contributed by atoms with Crippen molar-refractivity contribution in [1.29, 1.82) is 0 Å². The predicted molar refractivity (Wildman–Crippen MR) is 103 cm³/mol. The van der Waals surface area contributed by atoms with E-state index in [2.05, 4.69) is 46.3 Å². The fourth-order valence-electron chi connectivity index (χ4n) is 3.10. The summed E-state index contributed by atoms with van der Waals surface area (Å²) in [5.74, 6) is 1.12. The Bertz CT molecular complexity index is 871. The quantitative estimate of drug-likeness (QED) is 0.581. The molecule has 0 saturated heterocycles. The van der Waals surface area contributed by atoms with Crippen molar-refractivity contribution in [3.8, 4) is 11.5 Å². The van der Waals surface area contributed by atoms with E-state index in [4.69, 9.17) is 16.0 Å². The first kappa shape index (κ1) is 17.3. The fourth-order valence-corrected chi connectivity index (χ4v) is 3.32. The van der Waals surface area contributed by atoms with E-state index >= 15 is 0 Å². The lowest BCUT2D eigenvalue weighted by molar-refractivity contribution is 0.221. The highest BCUT2D eigenvalue weighted by Crippen LogP contribution is 2.31. The number of aromatic nitrogens is 2. The predicted octanol–water partition coefficient (Wildman–Crippen LogP) is 5.12. The van der Waals surface area contributed by atoms with Gasteiger partial charge in [0.05, 0.1) is 17.1 Å². The van der Waals surface area contributed by atoms with Crippen molar-refractivity contribution in [2.75, 3.05) is 0 Å². The third kappa shape index (κ3) is 3.97. The molecule has 1 fully saturated rings. The van der Waals surface area contributed by atoms with Gasteiger partial charge in [-0.2, -0.15) is 0 Å². The second-order valence-corrected chi connectivity index (χ2v) is 7.19. The maximum Gasteiger partial charge on any atom is 0.249 e. The number of nitrogens with zero attached hydrogens (tertiary/aromatic N) is 3. The zero-order chi connectivity index (χ0) is 17.9. The molecule has 4 rings (SSSR count). The third-order valence-corrected chi connectivity index (χ3v) is 5.12. The van der Waals surface area contributed by atoms with E-state index < -0.39 is 0 Å². The average Bonchev–Trinajstić information content (AvgIpc) is 3.42. The lowest BCUT2D eigenvalue weighted by atomic mass is 10.1. The van der Waals surface area contributed by atoms with Gasteiger partial charge in [-0.15, -0.1) is 10.2 Å². The minimum atomic E-state index is 0.480. The minimum Gasteiger partial charge on any atom is -0.419 e. The number of aryl methyl sites for hydroxylation is 1. The molecule has 1 aliphatic rings. The van der Waals surface area contributed by atoms with Crippen LogP contribution < -0.4 is 0 Å². The van der Waals surface area contributed by atoms with Gasteiger partial charge in [-0.05, 0) is 42.5 Å². The van der Waals surface area contributed by atoms with Crippen molar-refractivity contribution in [1.82, 2.24) is 15.1 Å². The summed E-state index contributed by atoms with van der Waals surface area (Å²) in [5, 5.41) is 9.04. The molecule has 1 aromatic heterocycles. The smallest absolute Gasteiger partial charge is 0.249 e. The lowest BCUT2D eigenvalue weighted by Gasteiger charge is -2.20. The van der Waals surface area contributed by atoms with Crippen molar-refractivity contribution >= 4 is 11.6 Å². The van der Waals surface area contributed by atoms with Gasteiger partial charge in [0.15, 0.2) is 0 Å². The van der Waals surface area contributed by atoms with E-state index in [0.29, 0.717) is 29.4 Å². The zero-order valence-corrected chi connectivity index (χ0v) is 15.6. The molecule has 0 unspecified atom stereocenters. The molecule has 0 aliphatic heterocycles. The summed E-state index contributed by atoms with van der Waals surface area (Å²) in [6, 6.07) is 17.0. The van der Waals surface area contributed by atoms with Gasteiger partial charge in [0, 0.05) is 12.6 Å². The van der Waals surface area contributed by atoms with E-state index in [0.717, 1.165) is 18.5 Å². The zero-order valence-electron chi connectivity index (χ0n) is 14.9. The Morgan fingerprint density at radius 3 is 2.42 bits per heavy atom. The normalized spacial score (nSPS) is 14.1. The van der Waals surface area contributed by atoms with Crippen LogP contribution in [0.5, 0.6) is 0 Å². The van der Waals surface area contributed by atoms with Gasteiger partial charge in [0.2, 0.25) is 11.8 Å². The monoisotopic (exact) mass is 367 g/mol. The largest absolute Gasteiger partial charge is 0.419 e. The van der Waals surface area contributed by atoms with Gasteiger partial charge in [-0.3, -0.25) is 4.90 Å². The van der Waals surface area contributed by atoms with Crippen LogP contribution in [0.15, 0.2) is 52.9 Å². The van der Waals surface area contributed by atoms with Crippen LogP contribution in [0, 0.1) is 0 Å². The lowest BCUT2D eigenvalue weighted by Crippen LogP contribution is -2.25. The Morgan fingerprint density at radius 1 is 1.00 bits per heavy atom. The molecule has 0 spiro atoms. The van der Waals surface area contributed by atoms with Crippen LogP contribution in [-0.4, -0.2) is 21.1 Å². The Kier molecular flexibility index (Phi) is 5.05. The van der Waals surface area contributed by atoms with Crippen LogP contribution in [0.4, 0.5) is 0 Å². The highest BCUT2D eigenvalue weighted by Gasteiger charge is 2.30. The molecule has 134 valence electrons.